The molecule has 0 amide bonds. The summed E-state index contributed by atoms with van der Waals surface area (Å²) >= 11 is 0. The van der Waals surface area contributed by atoms with E-state index in [1.54, 1.807) is 63.6 Å². The number of aryl methyl sites for hydroxylation is 1. The van der Waals surface area contributed by atoms with Gasteiger partial charge in [-0.3, -0.25) is 4.57 Å². The molecular formula is C24H22N7O2+. The smallest absolute Gasteiger partial charge is 0.340 e. The molecule has 0 saturated carbocycles. The fourth-order valence-corrected chi connectivity index (χ4v) is 3.67. The minimum atomic E-state index is -0.276. The van der Waals surface area contributed by atoms with E-state index in [0.29, 0.717) is 40.0 Å². The van der Waals surface area contributed by atoms with Crippen molar-refractivity contribution in [2.24, 2.45) is 7.05 Å². The summed E-state index contributed by atoms with van der Waals surface area (Å²) in [7, 11) is 3.62. The summed E-state index contributed by atoms with van der Waals surface area (Å²) in [4.78, 5) is 22.4. The number of aromatic nitrogens is 5. The normalized spacial score (nSPS) is 11.0. The molecule has 3 aromatic heterocycles. The Hall–Kier alpha value is -4.66. The molecule has 5 rings (SSSR count). The van der Waals surface area contributed by atoms with Crippen LogP contribution in [0.2, 0.25) is 0 Å². The van der Waals surface area contributed by atoms with Crippen molar-refractivity contribution in [3.63, 3.8) is 0 Å². The molecule has 0 atom stereocenters. The Kier molecular flexibility index (Phi) is 4.98. The molecule has 3 heterocycles. The molecule has 33 heavy (non-hydrogen) atoms. The van der Waals surface area contributed by atoms with Crippen molar-refractivity contribution in [3.05, 3.63) is 89.7 Å². The van der Waals surface area contributed by atoms with Crippen molar-refractivity contribution in [2.45, 2.75) is 0 Å². The van der Waals surface area contributed by atoms with Crippen LogP contribution in [0.3, 0.4) is 0 Å². The molecule has 0 spiro atoms. The highest BCUT2D eigenvalue weighted by molar-refractivity contribution is 5.84. The van der Waals surface area contributed by atoms with Gasteiger partial charge in [-0.2, -0.15) is 0 Å². The first-order valence-corrected chi connectivity index (χ1v) is 10.3. The largest absolute Gasteiger partial charge is 0.439 e. The van der Waals surface area contributed by atoms with Gasteiger partial charge in [0.2, 0.25) is 23.7 Å². The number of benzene rings is 2. The number of nitrogens with zero attached hydrogens (tertiary/aromatic N) is 5. The number of hydrogen-bond acceptors (Lipinski definition) is 6. The zero-order valence-electron chi connectivity index (χ0n) is 18.1. The number of rotatable bonds is 5. The fraction of sp³-hybridized carbons (Fsp3) is 0.0833. The maximum Gasteiger partial charge on any atom is 0.340 e. The van der Waals surface area contributed by atoms with E-state index < -0.39 is 0 Å². The molecule has 9 heteroatoms. The Morgan fingerprint density at radius 2 is 1.79 bits per heavy atom. The Bertz CT molecular complexity index is 1510. The molecular weight excluding hydrogens is 418 g/mol. The number of nitrogens with one attached hydrogen (secondary N) is 1. The second-order valence-electron chi connectivity index (χ2n) is 7.43. The number of nitrogens with two attached hydrogens (primary N) is 1. The van der Waals surface area contributed by atoms with Crippen molar-refractivity contribution in [2.75, 3.05) is 18.1 Å². The van der Waals surface area contributed by atoms with E-state index in [9.17, 15) is 4.79 Å². The third-order valence-electron chi connectivity index (χ3n) is 5.35. The minimum Gasteiger partial charge on any atom is -0.439 e. The first-order chi connectivity index (χ1) is 16.1. The van der Waals surface area contributed by atoms with Gasteiger partial charge in [0.05, 0.1) is 18.4 Å². The molecule has 2 aromatic carbocycles. The van der Waals surface area contributed by atoms with Crippen LogP contribution in [0.25, 0.3) is 22.5 Å². The van der Waals surface area contributed by atoms with Crippen LogP contribution in [-0.2, 0) is 7.05 Å². The number of pyridine rings is 1. The van der Waals surface area contributed by atoms with E-state index in [2.05, 4.69) is 15.3 Å². The lowest BCUT2D eigenvalue weighted by Crippen LogP contribution is -2.33. The number of hydrogen-bond donors (Lipinski definition) is 2. The summed E-state index contributed by atoms with van der Waals surface area (Å²) in [5.41, 5.74) is 9.34. The van der Waals surface area contributed by atoms with Gasteiger partial charge in [0.1, 0.15) is 5.75 Å². The van der Waals surface area contributed by atoms with Gasteiger partial charge in [-0.15, -0.1) is 0 Å². The van der Waals surface area contributed by atoms with Gasteiger partial charge < -0.3 is 15.8 Å². The molecule has 9 nitrogen and oxygen atoms in total. The van der Waals surface area contributed by atoms with Crippen LogP contribution in [-0.4, -0.2) is 26.1 Å². The summed E-state index contributed by atoms with van der Waals surface area (Å²) in [5.74, 6) is 1.52. The van der Waals surface area contributed by atoms with Crippen molar-refractivity contribution >= 4 is 22.7 Å². The number of fused-ring (bicyclic) bond motifs is 1. The zero-order chi connectivity index (χ0) is 22.9. The van der Waals surface area contributed by atoms with Crippen molar-refractivity contribution < 1.29 is 9.30 Å². The van der Waals surface area contributed by atoms with Crippen LogP contribution in [0.4, 0.5) is 11.5 Å². The fourth-order valence-electron chi connectivity index (χ4n) is 3.67. The quantitative estimate of drug-likeness (QED) is 0.407. The maximum absolute atomic E-state index is 13.7. The van der Waals surface area contributed by atoms with E-state index in [1.165, 1.54) is 0 Å². The lowest BCUT2D eigenvalue weighted by atomic mass is 10.2. The topological polar surface area (TPSA) is 104 Å². The molecule has 0 aliphatic heterocycles. The average Bonchev–Trinajstić information content (AvgIpc) is 3.15. The Morgan fingerprint density at radius 1 is 0.970 bits per heavy atom. The van der Waals surface area contributed by atoms with Crippen molar-refractivity contribution in [1.82, 2.24) is 19.1 Å². The first-order valence-electron chi connectivity index (χ1n) is 10.3. The first kappa shape index (κ1) is 20.3. The highest BCUT2D eigenvalue weighted by Gasteiger charge is 2.24. The van der Waals surface area contributed by atoms with Gasteiger partial charge in [0, 0.05) is 25.0 Å². The maximum atomic E-state index is 13.7. The highest BCUT2D eigenvalue weighted by atomic mass is 16.5. The van der Waals surface area contributed by atoms with E-state index >= 15 is 0 Å². The van der Waals surface area contributed by atoms with Crippen molar-refractivity contribution in [3.8, 4) is 23.0 Å². The second kappa shape index (κ2) is 8.12. The molecule has 3 N–H and O–H groups in total. The predicted octanol–water partition coefficient (Wildman–Crippen LogP) is 2.81. The third-order valence-corrected chi connectivity index (χ3v) is 5.35. The van der Waals surface area contributed by atoms with Crippen molar-refractivity contribution in [1.29, 1.82) is 0 Å². The third kappa shape index (κ3) is 3.55. The molecule has 0 aliphatic carbocycles. The van der Waals surface area contributed by atoms with Gasteiger partial charge in [0.15, 0.2) is 5.52 Å². The van der Waals surface area contributed by atoms with Crippen LogP contribution >= 0.6 is 0 Å². The lowest BCUT2D eigenvalue weighted by Gasteiger charge is -2.07. The number of anilines is 2. The van der Waals surface area contributed by atoms with E-state index in [0.717, 1.165) is 5.69 Å². The van der Waals surface area contributed by atoms with Crippen LogP contribution in [0.5, 0.6) is 11.6 Å². The number of imidazole rings is 1. The van der Waals surface area contributed by atoms with Crippen LogP contribution in [0.15, 0.2) is 84.0 Å². The Morgan fingerprint density at radius 3 is 2.52 bits per heavy atom. The molecule has 0 radical (unpaired) electrons. The molecule has 0 bridgehead atoms. The van der Waals surface area contributed by atoms with Gasteiger partial charge in [-0.25, -0.2) is 18.9 Å². The minimum absolute atomic E-state index is 0.276. The number of ether oxygens (including phenoxy) is 1. The highest BCUT2D eigenvalue weighted by Crippen LogP contribution is 2.25. The van der Waals surface area contributed by atoms with E-state index in [1.807, 2.05) is 43.4 Å². The molecule has 0 unspecified atom stereocenters. The zero-order valence-corrected chi connectivity index (χ0v) is 18.1. The van der Waals surface area contributed by atoms with Gasteiger partial charge >= 0.3 is 5.69 Å². The summed E-state index contributed by atoms with van der Waals surface area (Å²) in [6.07, 6.45) is 3.26. The SMILES string of the molecule is CNc1cccc(-n2c(=O)n(-c3ccc(Oc4ccccn4)cc3)c3c(N)[n+](C)cnc32)c1. The second-order valence-corrected chi connectivity index (χ2v) is 7.43. The monoisotopic (exact) mass is 440 g/mol. The van der Waals surface area contributed by atoms with Crippen LogP contribution < -0.4 is 26.0 Å². The molecule has 0 aliphatic rings. The van der Waals surface area contributed by atoms with Crippen LogP contribution in [0, 0.1) is 0 Å². The Balaban J connectivity index is 1.67. The Labute approximate surface area is 189 Å². The van der Waals surface area contributed by atoms with Gasteiger partial charge in [-0.05, 0) is 48.5 Å². The lowest BCUT2D eigenvalue weighted by molar-refractivity contribution is -0.658. The summed E-state index contributed by atoms with van der Waals surface area (Å²) in [6, 6.07) is 20.2. The van der Waals surface area contributed by atoms with Crippen LogP contribution in [0.1, 0.15) is 0 Å². The van der Waals surface area contributed by atoms with E-state index in [4.69, 9.17) is 10.5 Å². The molecule has 5 aromatic rings. The van der Waals surface area contributed by atoms with Gasteiger partial charge in [-0.1, -0.05) is 17.1 Å². The van der Waals surface area contributed by atoms with E-state index in [-0.39, 0.29) is 5.69 Å². The average molecular weight is 440 g/mol. The summed E-state index contributed by atoms with van der Waals surface area (Å²) in [6.45, 7) is 0. The standard InChI is InChI=1S/C24H21N7O2/c1-26-16-6-5-7-18(14-16)31-23-21(22(25)29(2)15-28-23)30(24(31)32)17-9-11-19(12-10-17)33-20-8-3-4-13-27-20/h3-15,25-26H,1-2H3/p+1. The van der Waals surface area contributed by atoms with Gasteiger partial charge in [0.25, 0.3) is 0 Å². The predicted molar refractivity (Wildman–Crippen MR) is 126 cm³/mol. The molecule has 0 saturated heterocycles. The number of nitrogen functional groups attached to an aromatic ring is 1. The summed E-state index contributed by atoms with van der Waals surface area (Å²) < 4.78 is 10.6. The summed E-state index contributed by atoms with van der Waals surface area (Å²) in [5, 5.41) is 3.10. The molecule has 0 fully saturated rings. The molecule has 164 valence electrons.